The van der Waals surface area contributed by atoms with Crippen LogP contribution in [-0.4, -0.2) is 15.9 Å². The zero-order valence-corrected chi connectivity index (χ0v) is 9.34. The average Bonchev–Trinajstić information content (AvgIpc) is 2.32. The number of aromatic nitrogens is 2. The van der Waals surface area contributed by atoms with E-state index in [2.05, 4.69) is 15.3 Å². The van der Waals surface area contributed by atoms with Crippen molar-refractivity contribution >= 4 is 17.3 Å². The molecule has 0 saturated carbocycles. The van der Waals surface area contributed by atoms with Gasteiger partial charge in [0.15, 0.2) is 0 Å². The molecule has 0 spiro atoms. The number of carbonyl (C=O) groups excluding carboxylic acids is 1. The first-order chi connectivity index (χ1) is 8.18. The van der Waals surface area contributed by atoms with Crippen LogP contribution in [0.15, 0.2) is 36.9 Å². The van der Waals surface area contributed by atoms with E-state index in [4.69, 9.17) is 5.73 Å². The summed E-state index contributed by atoms with van der Waals surface area (Å²) in [4.78, 5) is 19.7. The number of carbonyl (C=O) groups is 1. The van der Waals surface area contributed by atoms with Crippen LogP contribution in [0.5, 0.6) is 0 Å². The van der Waals surface area contributed by atoms with E-state index in [-0.39, 0.29) is 5.91 Å². The molecule has 0 aliphatic carbocycles. The summed E-state index contributed by atoms with van der Waals surface area (Å²) in [5.74, 6) is -0.263. The molecule has 2 aromatic rings. The minimum Gasteiger partial charge on any atom is -0.397 e. The SMILES string of the molecule is Cc1ccncc1NC(=O)c1ccncc1N. The number of amides is 1. The molecule has 3 N–H and O–H groups in total. The zero-order valence-electron chi connectivity index (χ0n) is 9.34. The third-order valence-electron chi connectivity index (χ3n) is 2.38. The lowest BCUT2D eigenvalue weighted by Crippen LogP contribution is -2.15. The lowest BCUT2D eigenvalue weighted by Gasteiger charge is -2.08. The fraction of sp³-hybridized carbons (Fsp3) is 0.0833. The van der Waals surface area contributed by atoms with Crippen LogP contribution in [0.3, 0.4) is 0 Å². The monoisotopic (exact) mass is 228 g/mol. The number of rotatable bonds is 2. The van der Waals surface area contributed by atoms with Crippen LogP contribution in [0, 0.1) is 6.92 Å². The summed E-state index contributed by atoms with van der Waals surface area (Å²) in [5.41, 5.74) is 8.05. The third kappa shape index (κ3) is 2.39. The van der Waals surface area contributed by atoms with E-state index < -0.39 is 0 Å². The molecular weight excluding hydrogens is 216 g/mol. The molecule has 5 heteroatoms. The first kappa shape index (κ1) is 11.1. The summed E-state index contributed by atoms with van der Waals surface area (Å²) in [7, 11) is 0. The Morgan fingerprint density at radius 2 is 1.94 bits per heavy atom. The second-order valence-corrected chi connectivity index (χ2v) is 3.61. The minimum absolute atomic E-state index is 0.263. The topological polar surface area (TPSA) is 80.9 Å². The average molecular weight is 228 g/mol. The van der Waals surface area contributed by atoms with Gasteiger partial charge in [-0.1, -0.05) is 0 Å². The standard InChI is InChI=1S/C12H12N4O/c1-8-2-4-15-7-11(8)16-12(17)9-3-5-14-6-10(9)13/h2-7H,13H2,1H3,(H,16,17). The summed E-state index contributed by atoms with van der Waals surface area (Å²) >= 11 is 0. The Balaban J connectivity index is 2.24. The minimum atomic E-state index is -0.263. The van der Waals surface area contributed by atoms with Gasteiger partial charge >= 0.3 is 0 Å². The van der Waals surface area contributed by atoms with E-state index in [0.717, 1.165) is 5.56 Å². The van der Waals surface area contributed by atoms with Crippen molar-refractivity contribution in [2.24, 2.45) is 0 Å². The highest BCUT2D eigenvalue weighted by Crippen LogP contribution is 2.15. The molecule has 2 aromatic heterocycles. The number of hydrogen-bond donors (Lipinski definition) is 2. The van der Waals surface area contributed by atoms with Crippen LogP contribution in [-0.2, 0) is 0 Å². The van der Waals surface area contributed by atoms with Crippen LogP contribution < -0.4 is 11.1 Å². The molecule has 0 atom stereocenters. The van der Waals surface area contributed by atoms with Crippen molar-refractivity contribution < 1.29 is 4.79 Å². The van der Waals surface area contributed by atoms with Gasteiger partial charge in [-0.05, 0) is 24.6 Å². The quantitative estimate of drug-likeness (QED) is 0.818. The first-order valence-electron chi connectivity index (χ1n) is 5.10. The van der Waals surface area contributed by atoms with E-state index >= 15 is 0 Å². The zero-order chi connectivity index (χ0) is 12.3. The van der Waals surface area contributed by atoms with Crippen molar-refractivity contribution in [2.75, 3.05) is 11.1 Å². The number of nitrogens with one attached hydrogen (secondary N) is 1. The molecule has 86 valence electrons. The van der Waals surface area contributed by atoms with Crippen LogP contribution in [0.4, 0.5) is 11.4 Å². The second kappa shape index (κ2) is 4.61. The maximum absolute atomic E-state index is 11.9. The Labute approximate surface area is 98.7 Å². The summed E-state index contributed by atoms with van der Waals surface area (Å²) in [6.45, 7) is 1.90. The smallest absolute Gasteiger partial charge is 0.257 e. The number of nitrogen functional groups attached to an aromatic ring is 1. The van der Waals surface area contributed by atoms with Gasteiger partial charge in [0.25, 0.3) is 5.91 Å². The van der Waals surface area contributed by atoms with Gasteiger partial charge in [0, 0.05) is 12.4 Å². The fourth-order valence-electron chi connectivity index (χ4n) is 1.40. The predicted molar refractivity (Wildman–Crippen MR) is 65.6 cm³/mol. The highest BCUT2D eigenvalue weighted by atomic mass is 16.1. The number of pyridine rings is 2. The Kier molecular flexibility index (Phi) is 3.00. The number of hydrogen-bond acceptors (Lipinski definition) is 4. The normalized spacial score (nSPS) is 9.94. The van der Waals surface area contributed by atoms with Gasteiger partial charge in [-0.15, -0.1) is 0 Å². The molecular formula is C12H12N4O. The summed E-state index contributed by atoms with van der Waals surface area (Å²) < 4.78 is 0. The highest BCUT2D eigenvalue weighted by Gasteiger charge is 2.10. The van der Waals surface area contributed by atoms with Gasteiger partial charge in [-0.25, -0.2) is 0 Å². The molecule has 0 aromatic carbocycles. The molecule has 0 saturated heterocycles. The van der Waals surface area contributed by atoms with Crippen molar-refractivity contribution in [1.82, 2.24) is 9.97 Å². The van der Waals surface area contributed by atoms with Crippen molar-refractivity contribution in [3.05, 3.63) is 48.0 Å². The predicted octanol–water partition coefficient (Wildman–Crippen LogP) is 1.62. The Bertz CT molecular complexity index is 554. The summed E-state index contributed by atoms with van der Waals surface area (Å²) in [5, 5.41) is 2.76. The maximum Gasteiger partial charge on any atom is 0.257 e. The van der Waals surface area contributed by atoms with E-state index in [1.807, 2.05) is 13.0 Å². The van der Waals surface area contributed by atoms with E-state index in [9.17, 15) is 4.79 Å². The van der Waals surface area contributed by atoms with Gasteiger partial charge in [0.1, 0.15) is 0 Å². The van der Waals surface area contributed by atoms with Gasteiger partial charge in [-0.3, -0.25) is 14.8 Å². The number of nitrogens with zero attached hydrogens (tertiary/aromatic N) is 2. The number of aryl methyl sites for hydroxylation is 1. The molecule has 2 rings (SSSR count). The van der Waals surface area contributed by atoms with Gasteiger partial charge in [-0.2, -0.15) is 0 Å². The van der Waals surface area contributed by atoms with E-state index in [1.165, 1.54) is 12.4 Å². The molecule has 0 radical (unpaired) electrons. The number of anilines is 2. The number of nitrogens with two attached hydrogens (primary N) is 1. The molecule has 0 aliphatic heterocycles. The Morgan fingerprint density at radius 1 is 1.24 bits per heavy atom. The van der Waals surface area contributed by atoms with E-state index in [1.54, 1.807) is 18.5 Å². The highest BCUT2D eigenvalue weighted by molar-refractivity contribution is 6.07. The van der Waals surface area contributed by atoms with Crippen molar-refractivity contribution in [3.8, 4) is 0 Å². The lowest BCUT2D eigenvalue weighted by molar-refractivity contribution is 0.102. The van der Waals surface area contributed by atoms with Crippen LogP contribution in [0.1, 0.15) is 15.9 Å². The molecule has 0 unspecified atom stereocenters. The molecule has 2 heterocycles. The summed E-state index contributed by atoms with van der Waals surface area (Å²) in [6.07, 6.45) is 6.25. The Hall–Kier alpha value is -2.43. The Morgan fingerprint density at radius 3 is 2.65 bits per heavy atom. The third-order valence-corrected chi connectivity index (χ3v) is 2.38. The molecule has 1 amide bonds. The first-order valence-corrected chi connectivity index (χ1v) is 5.10. The van der Waals surface area contributed by atoms with E-state index in [0.29, 0.717) is 16.9 Å². The van der Waals surface area contributed by atoms with Crippen LogP contribution in [0.2, 0.25) is 0 Å². The molecule has 0 fully saturated rings. The molecule has 0 bridgehead atoms. The van der Waals surface area contributed by atoms with Crippen molar-refractivity contribution in [1.29, 1.82) is 0 Å². The van der Waals surface area contributed by atoms with Crippen LogP contribution >= 0.6 is 0 Å². The van der Waals surface area contributed by atoms with Crippen molar-refractivity contribution in [3.63, 3.8) is 0 Å². The van der Waals surface area contributed by atoms with Gasteiger partial charge in [0.2, 0.25) is 0 Å². The molecule has 17 heavy (non-hydrogen) atoms. The van der Waals surface area contributed by atoms with Crippen LogP contribution in [0.25, 0.3) is 0 Å². The molecule has 5 nitrogen and oxygen atoms in total. The summed E-state index contributed by atoms with van der Waals surface area (Å²) in [6, 6.07) is 3.40. The second-order valence-electron chi connectivity index (χ2n) is 3.61. The molecule has 0 aliphatic rings. The largest absolute Gasteiger partial charge is 0.397 e. The van der Waals surface area contributed by atoms with Gasteiger partial charge in [0.05, 0.1) is 29.3 Å². The maximum atomic E-state index is 11.9. The fourth-order valence-corrected chi connectivity index (χ4v) is 1.40. The lowest BCUT2D eigenvalue weighted by atomic mass is 10.2. The van der Waals surface area contributed by atoms with Gasteiger partial charge < -0.3 is 11.1 Å². The van der Waals surface area contributed by atoms with Crippen molar-refractivity contribution in [2.45, 2.75) is 6.92 Å².